The number of esters is 1. The van der Waals surface area contributed by atoms with E-state index in [0.717, 1.165) is 0 Å². The van der Waals surface area contributed by atoms with Crippen LogP contribution in [0, 0.1) is 0 Å². The lowest BCUT2D eigenvalue weighted by Gasteiger charge is -2.29. The number of cyclic esters (lactones) is 1. The topological polar surface area (TPSA) is 35.5 Å². The Hall–Kier alpha value is -0.570. The van der Waals surface area contributed by atoms with Gasteiger partial charge in [-0.2, -0.15) is 0 Å². The molecule has 0 N–H and O–H groups in total. The van der Waals surface area contributed by atoms with E-state index in [4.69, 9.17) is 9.47 Å². The van der Waals surface area contributed by atoms with E-state index in [0.29, 0.717) is 13.0 Å². The van der Waals surface area contributed by atoms with Crippen LogP contribution in [0.3, 0.4) is 0 Å². The predicted octanol–water partition coefficient (Wildman–Crippen LogP) is 0.686. The van der Waals surface area contributed by atoms with Gasteiger partial charge < -0.3 is 9.47 Å². The van der Waals surface area contributed by atoms with E-state index in [9.17, 15) is 4.79 Å². The second-order valence-corrected chi connectivity index (χ2v) is 2.47. The summed E-state index contributed by atoms with van der Waals surface area (Å²) in [5, 5.41) is 0. The van der Waals surface area contributed by atoms with Gasteiger partial charge in [0.05, 0.1) is 13.0 Å². The Morgan fingerprint density at radius 3 is 2.56 bits per heavy atom. The van der Waals surface area contributed by atoms with Crippen LogP contribution in [0.15, 0.2) is 0 Å². The monoisotopic (exact) mass is 130 g/mol. The average Bonchev–Trinajstić information content (AvgIpc) is 1.60. The van der Waals surface area contributed by atoms with Gasteiger partial charge in [0.25, 0.3) is 0 Å². The minimum atomic E-state index is -0.699. The SMILES string of the molecule is CC1(C)OCCC(=O)O1. The van der Waals surface area contributed by atoms with Crippen LogP contribution in [-0.4, -0.2) is 18.4 Å². The Labute approximate surface area is 53.9 Å². The zero-order valence-corrected chi connectivity index (χ0v) is 5.64. The predicted molar refractivity (Wildman–Crippen MR) is 30.7 cm³/mol. The second kappa shape index (κ2) is 1.99. The molecule has 0 aliphatic carbocycles. The summed E-state index contributed by atoms with van der Waals surface area (Å²) in [6.07, 6.45) is 0.378. The van der Waals surface area contributed by atoms with Gasteiger partial charge in [-0.05, 0) is 0 Å². The fourth-order valence-corrected chi connectivity index (χ4v) is 0.735. The van der Waals surface area contributed by atoms with Crippen LogP contribution in [-0.2, 0) is 14.3 Å². The molecule has 1 aliphatic heterocycles. The maximum Gasteiger partial charge on any atom is 0.310 e. The molecule has 9 heavy (non-hydrogen) atoms. The fraction of sp³-hybridized carbons (Fsp3) is 0.833. The van der Waals surface area contributed by atoms with Crippen molar-refractivity contribution in [1.29, 1.82) is 0 Å². The molecule has 0 unspecified atom stereocenters. The summed E-state index contributed by atoms with van der Waals surface area (Å²) in [4.78, 5) is 10.6. The first kappa shape index (κ1) is 6.55. The van der Waals surface area contributed by atoms with Crippen LogP contribution in [0.25, 0.3) is 0 Å². The van der Waals surface area contributed by atoms with Crippen LogP contribution >= 0.6 is 0 Å². The third-order valence-corrected chi connectivity index (χ3v) is 1.12. The maximum atomic E-state index is 10.6. The van der Waals surface area contributed by atoms with Gasteiger partial charge in [0.2, 0.25) is 5.79 Å². The first-order valence-corrected chi connectivity index (χ1v) is 2.96. The summed E-state index contributed by atoms with van der Waals surface area (Å²) in [5.74, 6) is -0.874. The molecular weight excluding hydrogens is 120 g/mol. The highest BCUT2D eigenvalue weighted by molar-refractivity contribution is 5.70. The molecule has 0 atom stereocenters. The Kier molecular flexibility index (Phi) is 1.45. The number of carbonyl (C=O) groups excluding carboxylic acids is 1. The Balaban J connectivity index is 2.51. The van der Waals surface area contributed by atoms with Gasteiger partial charge in [0.15, 0.2) is 0 Å². The van der Waals surface area contributed by atoms with Crippen molar-refractivity contribution in [3.05, 3.63) is 0 Å². The highest BCUT2D eigenvalue weighted by Crippen LogP contribution is 2.16. The van der Waals surface area contributed by atoms with E-state index in [1.54, 1.807) is 13.8 Å². The molecule has 3 nitrogen and oxygen atoms in total. The number of rotatable bonds is 0. The lowest BCUT2D eigenvalue weighted by molar-refractivity contribution is -0.236. The molecule has 0 aromatic carbocycles. The van der Waals surface area contributed by atoms with Gasteiger partial charge in [0, 0.05) is 13.8 Å². The van der Waals surface area contributed by atoms with Crippen molar-refractivity contribution < 1.29 is 14.3 Å². The van der Waals surface area contributed by atoms with Crippen LogP contribution in [0.4, 0.5) is 0 Å². The molecule has 0 radical (unpaired) electrons. The van der Waals surface area contributed by atoms with E-state index in [1.165, 1.54) is 0 Å². The molecule has 1 rings (SSSR count). The van der Waals surface area contributed by atoms with Crippen LogP contribution in [0.2, 0.25) is 0 Å². The number of carbonyl (C=O) groups is 1. The molecule has 0 aromatic rings. The molecule has 1 aliphatic rings. The summed E-state index contributed by atoms with van der Waals surface area (Å²) < 4.78 is 9.91. The van der Waals surface area contributed by atoms with E-state index in [-0.39, 0.29) is 5.97 Å². The van der Waals surface area contributed by atoms with E-state index >= 15 is 0 Å². The summed E-state index contributed by atoms with van der Waals surface area (Å²) in [6.45, 7) is 3.93. The zero-order chi connectivity index (χ0) is 6.91. The van der Waals surface area contributed by atoms with Gasteiger partial charge in [-0.1, -0.05) is 0 Å². The number of hydrogen-bond donors (Lipinski definition) is 0. The van der Waals surface area contributed by atoms with Gasteiger partial charge in [-0.25, -0.2) is 0 Å². The van der Waals surface area contributed by atoms with Crippen molar-refractivity contribution in [2.45, 2.75) is 26.1 Å². The highest BCUT2D eigenvalue weighted by Gasteiger charge is 2.27. The van der Waals surface area contributed by atoms with E-state index in [1.807, 2.05) is 0 Å². The van der Waals surface area contributed by atoms with Gasteiger partial charge in [-0.15, -0.1) is 0 Å². The molecule has 3 heteroatoms. The van der Waals surface area contributed by atoms with Crippen LogP contribution < -0.4 is 0 Å². The molecule has 1 fully saturated rings. The van der Waals surface area contributed by atoms with Gasteiger partial charge in [-0.3, -0.25) is 4.79 Å². The Morgan fingerprint density at radius 2 is 2.22 bits per heavy atom. The number of ether oxygens (including phenoxy) is 2. The zero-order valence-electron chi connectivity index (χ0n) is 5.64. The van der Waals surface area contributed by atoms with Crippen molar-refractivity contribution in [3.8, 4) is 0 Å². The summed E-state index contributed by atoms with van der Waals surface area (Å²) in [5.41, 5.74) is 0. The Morgan fingerprint density at radius 1 is 1.56 bits per heavy atom. The summed E-state index contributed by atoms with van der Waals surface area (Å²) in [6, 6.07) is 0. The standard InChI is InChI=1S/C6H10O3/c1-6(2)8-4-3-5(7)9-6/h3-4H2,1-2H3. The van der Waals surface area contributed by atoms with Gasteiger partial charge in [0.1, 0.15) is 0 Å². The number of hydrogen-bond acceptors (Lipinski definition) is 3. The highest BCUT2D eigenvalue weighted by atomic mass is 16.7. The van der Waals surface area contributed by atoms with Crippen molar-refractivity contribution in [2.75, 3.05) is 6.61 Å². The first-order chi connectivity index (χ1) is 4.10. The van der Waals surface area contributed by atoms with Gasteiger partial charge >= 0.3 is 5.97 Å². The molecule has 0 aromatic heterocycles. The molecule has 0 saturated carbocycles. The van der Waals surface area contributed by atoms with Crippen molar-refractivity contribution in [1.82, 2.24) is 0 Å². The largest absolute Gasteiger partial charge is 0.434 e. The van der Waals surface area contributed by atoms with Crippen LogP contribution in [0.1, 0.15) is 20.3 Å². The second-order valence-electron chi connectivity index (χ2n) is 2.47. The lowest BCUT2D eigenvalue weighted by Crippen LogP contribution is -2.36. The third-order valence-electron chi connectivity index (χ3n) is 1.12. The molecule has 0 amide bonds. The first-order valence-electron chi connectivity index (χ1n) is 2.96. The maximum absolute atomic E-state index is 10.6. The van der Waals surface area contributed by atoms with Crippen molar-refractivity contribution in [3.63, 3.8) is 0 Å². The molecule has 0 spiro atoms. The molecule has 1 saturated heterocycles. The smallest absolute Gasteiger partial charge is 0.310 e. The van der Waals surface area contributed by atoms with Crippen molar-refractivity contribution >= 4 is 5.97 Å². The minimum absolute atomic E-state index is 0.175. The normalized spacial score (nSPS) is 25.3. The molecule has 1 heterocycles. The molecular formula is C6H10O3. The summed E-state index contributed by atoms with van der Waals surface area (Å²) in [7, 11) is 0. The Bertz CT molecular complexity index is 128. The average molecular weight is 130 g/mol. The molecule has 52 valence electrons. The van der Waals surface area contributed by atoms with Crippen LogP contribution in [0.5, 0.6) is 0 Å². The quantitative estimate of drug-likeness (QED) is 0.452. The summed E-state index contributed by atoms with van der Waals surface area (Å²) >= 11 is 0. The van der Waals surface area contributed by atoms with E-state index in [2.05, 4.69) is 0 Å². The van der Waals surface area contributed by atoms with Crippen molar-refractivity contribution in [2.24, 2.45) is 0 Å². The third kappa shape index (κ3) is 1.68. The van der Waals surface area contributed by atoms with E-state index < -0.39 is 5.79 Å². The lowest BCUT2D eigenvalue weighted by atomic mass is 10.3. The fourth-order valence-electron chi connectivity index (χ4n) is 0.735. The molecule has 0 bridgehead atoms. The minimum Gasteiger partial charge on any atom is -0.434 e.